The van der Waals surface area contributed by atoms with Crippen molar-refractivity contribution in [2.75, 3.05) is 5.32 Å². The van der Waals surface area contributed by atoms with Crippen LogP contribution in [0.1, 0.15) is 12.5 Å². The van der Waals surface area contributed by atoms with E-state index < -0.39 is 0 Å². The lowest BCUT2D eigenvalue weighted by molar-refractivity contribution is 0.997. The topological polar surface area (TPSA) is 12.0 Å². The van der Waals surface area contributed by atoms with Crippen molar-refractivity contribution in [3.8, 4) is 0 Å². The molecule has 0 saturated carbocycles. The summed E-state index contributed by atoms with van der Waals surface area (Å²) in [7, 11) is 0. The van der Waals surface area contributed by atoms with Gasteiger partial charge in [-0.15, -0.1) is 6.58 Å². The molecule has 1 rings (SSSR count). The third kappa shape index (κ3) is 2.88. The van der Waals surface area contributed by atoms with Crippen molar-refractivity contribution in [1.82, 2.24) is 0 Å². The summed E-state index contributed by atoms with van der Waals surface area (Å²) < 4.78 is 1.09. The number of hydrogen-bond acceptors (Lipinski definition) is 1. The second-order valence-corrected chi connectivity index (χ2v) is 4.04. The molecule has 1 unspecified atom stereocenters. The molecule has 1 nitrogen and oxygen atoms in total. The number of hydrogen-bond donors (Lipinski definition) is 1. The Morgan fingerprint density at radius 2 is 2.23 bits per heavy atom. The van der Waals surface area contributed by atoms with Gasteiger partial charge in [0.2, 0.25) is 0 Å². The minimum Gasteiger partial charge on any atom is -0.379 e. The maximum Gasteiger partial charge on any atom is 0.0413 e. The fourth-order valence-electron chi connectivity index (χ4n) is 1.05. The van der Waals surface area contributed by atoms with E-state index >= 15 is 0 Å². The third-order valence-electron chi connectivity index (χ3n) is 1.94. The molecule has 0 aromatic heterocycles. The molecule has 0 aliphatic rings. The lowest BCUT2D eigenvalue weighted by atomic mass is 10.2. The molecule has 0 bridgehead atoms. The van der Waals surface area contributed by atoms with Gasteiger partial charge in [-0.1, -0.05) is 28.1 Å². The van der Waals surface area contributed by atoms with Crippen molar-refractivity contribution in [1.29, 1.82) is 0 Å². The Labute approximate surface area is 88.0 Å². The first-order chi connectivity index (χ1) is 6.13. The van der Waals surface area contributed by atoms with E-state index in [0.717, 1.165) is 10.2 Å². The van der Waals surface area contributed by atoms with E-state index in [1.54, 1.807) is 0 Å². The number of anilines is 1. The lowest BCUT2D eigenvalue weighted by Gasteiger charge is -2.13. The predicted molar refractivity (Wildman–Crippen MR) is 62.2 cm³/mol. The van der Waals surface area contributed by atoms with Crippen molar-refractivity contribution >= 4 is 21.6 Å². The maximum absolute atomic E-state index is 3.73. The van der Waals surface area contributed by atoms with Crippen LogP contribution in [0.4, 0.5) is 5.69 Å². The summed E-state index contributed by atoms with van der Waals surface area (Å²) in [6.07, 6.45) is 1.89. The normalized spacial score (nSPS) is 12.2. The van der Waals surface area contributed by atoms with Crippen molar-refractivity contribution < 1.29 is 0 Å². The highest BCUT2D eigenvalue weighted by atomic mass is 79.9. The van der Waals surface area contributed by atoms with Gasteiger partial charge in [0.15, 0.2) is 0 Å². The highest BCUT2D eigenvalue weighted by Gasteiger charge is 2.00. The Hall–Kier alpha value is -0.760. The summed E-state index contributed by atoms with van der Waals surface area (Å²) in [5, 5.41) is 3.35. The Morgan fingerprint density at radius 1 is 1.54 bits per heavy atom. The van der Waals surface area contributed by atoms with Crippen LogP contribution in [0.2, 0.25) is 0 Å². The molecular formula is C11H14BrN. The highest BCUT2D eigenvalue weighted by Crippen LogP contribution is 2.21. The molecule has 1 aromatic carbocycles. The molecular weight excluding hydrogens is 226 g/mol. The lowest BCUT2D eigenvalue weighted by Crippen LogP contribution is -2.11. The van der Waals surface area contributed by atoms with Gasteiger partial charge in [0, 0.05) is 16.2 Å². The van der Waals surface area contributed by atoms with Crippen molar-refractivity contribution in [2.45, 2.75) is 19.9 Å². The summed E-state index contributed by atoms with van der Waals surface area (Å²) in [4.78, 5) is 0. The van der Waals surface area contributed by atoms with Crippen LogP contribution in [0.25, 0.3) is 0 Å². The quantitative estimate of drug-likeness (QED) is 0.793. The van der Waals surface area contributed by atoms with Gasteiger partial charge >= 0.3 is 0 Å². The minimum atomic E-state index is 0.299. The zero-order chi connectivity index (χ0) is 9.84. The number of aryl methyl sites for hydroxylation is 1. The first-order valence-electron chi connectivity index (χ1n) is 4.28. The Balaban J connectivity index is 2.86. The smallest absolute Gasteiger partial charge is 0.0413 e. The van der Waals surface area contributed by atoms with E-state index in [-0.39, 0.29) is 0 Å². The second kappa shape index (κ2) is 4.47. The van der Waals surface area contributed by atoms with Gasteiger partial charge in [0.1, 0.15) is 0 Å². The van der Waals surface area contributed by atoms with E-state index in [1.807, 2.05) is 12.1 Å². The highest BCUT2D eigenvalue weighted by molar-refractivity contribution is 9.10. The standard InChI is InChI=1S/C11H14BrN/c1-4-9(3)13-11-7-10(12)6-5-8(11)2/h4-7,9,13H,1H2,2-3H3. The Kier molecular flexibility index (Phi) is 3.55. The van der Waals surface area contributed by atoms with Gasteiger partial charge in [-0.3, -0.25) is 0 Å². The fourth-order valence-corrected chi connectivity index (χ4v) is 1.42. The van der Waals surface area contributed by atoms with Gasteiger partial charge in [-0.05, 0) is 31.5 Å². The summed E-state index contributed by atoms with van der Waals surface area (Å²) in [6, 6.07) is 6.50. The van der Waals surface area contributed by atoms with Crippen LogP contribution in [0.3, 0.4) is 0 Å². The van der Waals surface area contributed by atoms with Crippen molar-refractivity contribution in [3.63, 3.8) is 0 Å². The number of rotatable bonds is 3. The first-order valence-corrected chi connectivity index (χ1v) is 5.08. The summed E-state index contributed by atoms with van der Waals surface area (Å²) >= 11 is 3.44. The molecule has 0 amide bonds. The molecule has 0 saturated heterocycles. The predicted octanol–water partition coefficient (Wildman–Crippen LogP) is 3.74. The van der Waals surface area contributed by atoms with E-state index in [2.05, 4.69) is 53.8 Å². The largest absolute Gasteiger partial charge is 0.379 e. The van der Waals surface area contributed by atoms with E-state index in [9.17, 15) is 0 Å². The third-order valence-corrected chi connectivity index (χ3v) is 2.43. The average Bonchev–Trinajstić information content (AvgIpc) is 2.11. The molecule has 13 heavy (non-hydrogen) atoms. The zero-order valence-electron chi connectivity index (χ0n) is 7.97. The first kappa shape index (κ1) is 10.3. The number of halogens is 1. The monoisotopic (exact) mass is 239 g/mol. The molecule has 0 radical (unpaired) electrons. The molecule has 0 spiro atoms. The average molecular weight is 240 g/mol. The van der Waals surface area contributed by atoms with E-state index in [1.165, 1.54) is 5.56 Å². The minimum absolute atomic E-state index is 0.299. The van der Waals surface area contributed by atoms with E-state index in [4.69, 9.17) is 0 Å². The van der Waals surface area contributed by atoms with Crippen LogP contribution in [0.5, 0.6) is 0 Å². The molecule has 1 atom stereocenters. The molecule has 0 aliphatic heterocycles. The molecule has 0 heterocycles. The van der Waals surface area contributed by atoms with Crippen LogP contribution in [-0.4, -0.2) is 6.04 Å². The molecule has 70 valence electrons. The van der Waals surface area contributed by atoms with Gasteiger partial charge in [0.25, 0.3) is 0 Å². The van der Waals surface area contributed by atoms with Gasteiger partial charge in [-0.2, -0.15) is 0 Å². The van der Waals surface area contributed by atoms with Crippen LogP contribution in [0.15, 0.2) is 35.3 Å². The summed E-state index contributed by atoms with van der Waals surface area (Å²) in [5.74, 6) is 0. The second-order valence-electron chi connectivity index (χ2n) is 3.13. The van der Waals surface area contributed by atoms with Crippen LogP contribution in [0, 0.1) is 6.92 Å². The number of nitrogens with one attached hydrogen (secondary N) is 1. The molecule has 1 N–H and O–H groups in total. The molecule has 0 fully saturated rings. The zero-order valence-corrected chi connectivity index (χ0v) is 9.56. The van der Waals surface area contributed by atoms with Gasteiger partial charge in [0.05, 0.1) is 0 Å². The van der Waals surface area contributed by atoms with Crippen molar-refractivity contribution in [3.05, 3.63) is 40.9 Å². The number of benzene rings is 1. The van der Waals surface area contributed by atoms with Crippen LogP contribution >= 0.6 is 15.9 Å². The Morgan fingerprint density at radius 3 is 2.85 bits per heavy atom. The van der Waals surface area contributed by atoms with Crippen LogP contribution in [-0.2, 0) is 0 Å². The maximum atomic E-state index is 3.73. The molecule has 2 heteroatoms. The van der Waals surface area contributed by atoms with Gasteiger partial charge < -0.3 is 5.32 Å². The summed E-state index contributed by atoms with van der Waals surface area (Å²) in [6.45, 7) is 7.90. The Bertz CT molecular complexity index is 307. The van der Waals surface area contributed by atoms with Gasteiger partial charge in [-0.25, -0.2) is 0 Å². The van der Waals surface area contributed by atoms with E-state index in [0.29, 0.717) is 6.04 Å². The SMILES string of the molecule is C=CC(C)Nc1cc(Br)ccc1C. The molecule has 0 aliphatic carbocycles. The van der Waals surface area contributed by atoms with Crippen LogP contribution < -0.4 is 5.32 Å². The molecule has 1 aromatic rings. The summed E-state index contributed by atoms with van der Waals surface area (Å²) in [5.41, 5.74) is 2.40. The fraction of sp³-hybridized carbons (Fsp3) is 0.273. The van der Waals surface area contributed by atoms with Crippen molar-refractivity contribution in [2.24, 2.45) is 0 Å².